The van der Waals surface area contributed by atoms with Crippen LogP contribution in [0.1, 0.15) is 56.6 Å². The minimum Gasteiger partial charge on any atom is -0.343 e. The topological polar surface area (TPSA) is 46.3 Å². The Morgan fingerprint density at radius 2 is 1.65 bits per heavy atom. The average molecular weight is 274 g/mol. The Kier molecular flexibility index (Phi) is 6.06. The Balaban J connectivity index is 1.79. The zero-order valence-corrected chi connectivity index (χ0v) is 12.3. The molecular weight excluding hydrogens is 248 g/mol. The van der Waals surface area contributed by atoms with Gasteiger partial charge in [-0.1, -0.05) is 49.6 Å². The third-order valence-corrected chi connectivity index (χ3v) is 4.11. The molecule has 0 saturated carbocycles. The highest BCUT2D eigenvalue weighted by Crippen LogP contribution is 2.17. The molecule has 0 aliphatic carbocycles. The van der Waals surface area contributed by atoms with Gasteiger partial charge in [0.05, 0.1) is 0 Å². The quantitative estimate of drug-likeness (QED) is 0.916. The molecule has 1 aliphatic rings. The van der Waals surface area contributed by atoms with Crippen LogP contribution >= 0.6 is 0 Å². The molecule has 0 radical (unpaired) electrons. The first-order valence-corrected chi connectivity index (χ1v) is 7.85. The summed E-state index contributed by atoms with van der Waals surface area (Å²) < 4.78 is 0. The van der Waals surface area contributed by atoms with E-state index < -0.39 is 0 Å². The smallest absolute Gasteiger partial charge is 0.222 e. The molecule has 3 nitrogen and oxygen atoms in total. The number of nitrogens with two attached hydrogens (primary N) is 1. The van der Waals surface area contributed by atoms with Crippen LogP contribution in [0.3, 0.4) is 0 Å². The second-order valence-corrected chi connectivity index (χ2v) is 5.70. The average Bonchev–Trinajstić information content (AvgIpc) is 2.45. The van der Waals surface area contributed by atoms with Crippen molar-refractivity contribution in [2.24, 2.45) is 5.73 Å². The fraction of sp³-hybridized carbons (Fsp3) is 0.588. The number of nitrogens with zero attached hydrogens (tertiary/aromatic N) is 1. The molecule has 2 rings (SSSR count). The molecule has 1 aromatic rings. The van der Waals surface area contributed by atoms with Crippen LogP contribution in [0.5, 0.6) is 0 Å². The fourth-order valence-electron chi connectivity index (χ4n) is 2.80. The highest BCUT2D eigenvalue weighted by atomic mass is 16.2. The summed E-state index contributed by atoms with van der Waals surface area (Å²) in [6.07, 6.45) is 7.43. The van der Waals surface area contributed by atoms with E-state index in [0.717, 1.165) is 37.9 Å². The fourth-order valence-corrected chi connectivity index (χ4v) is 2.80. The Bertz CT molecular complexity index is 397. The third kappa shape index (κ3) is 4.64. The van der Waals surface area contributed by atoms with Gasteiger partial charge in [-0.05, 0) is 24.8 Å². The van der Waals surface area contributed by atoms with E-state index in [-0.39, 0.29) is 11.9 Å². The van der Waals surface area contributed by atoms with Crippen LogP contribution in [0.4, 0.5) is 0 Å². The van der Waals surface area contributed by atoms with Crippen LogP contribution in [0.25, 0.3) is 0 Å². The molecule has 1 fully saturated rings. The van der Waals surface area contributed by atoms with Crippen molar-refractivity contribution in [3.63, 3.8) is 0 Å². The molecule has 0 unspecified atom stereocenters. The van der Waals surface area contributed by atoms with Crippen LogP contribution in [-0.4, -0.2) is 23.9 Å². The molecule has 0 spiro atoms. The van der Waals surface area contributed by atoms with E-state index in [1.165, 1.54) is 19.3 Å². The van der Waals surface area contributed by atoms with Gasteiger partial charge in [0.2, 0.25) is 5.91 Å². The summed E-state index contributed by atoms with van der Waals surface area (Å²) in [7, 11) is 0. The minimum absolute atomic E-state index is 0.0325. The van der Waals surface area contributed by atoms with Gasteiger partial charge in [0.25, 0.3) is 0 Å². The van der Waals surface area contributed by atoms with Crippen molar-refractivity contribution in [2.45, 2.75) is 51.0 Å². The molecule has 20 heavy (non-hydrogen) atoms. The number of benzene rings is 1. The molecule has 1 atom stereocenters. The number of amides is 1. The standard InChI is InChI=1S/C17H26N2O/c18-16(15-9-5-4-6-10-15)11-12-17(20)19-13-7-2-1-3-8-14-19/h4-6,9-10,16H,1-3,7-8,11-14,18H2/t16-/m1/s1. The number of likely N-dealkylation sites (tertiary alicyclic amines) is 1. The Morgan fingerprint density at radius 3 is 2.30 bits per heavy atom. The molecule has 1 heterocycles. The molecule has 1 saturated heterocycles. The first-order valence-electron chi connectivity index (χ1n) is 7.85. The van der Waals surface area contributed by atoms with Gasteiger partial charge in [-0.15, -0.1) is 0 Å². The van der Waals surface area contributed by atoms with Crippen molar-refractivity contribution >= 4 is 5.91 Å². The van der Waals surface area contributed by atoms with Crippen LogP contribution in [0.2, 0.25) is 0 Å². The Morgan fingerprint density at radius 1 is 1.05 bits per heavy atom. The van der Waals surface area contributed by atoms with Crippen molar-refractivity contribution in [2.75, 3.05) is 13.1 Å². The summed E-state index contributed by atoms with van der Waals surface area (Å²) in [4.78, 5) is 14.3. The molecule has 2 N–H and O–H groups in total. The Hall–Kier alpha value is -1.35. The lowest BCUT2D eigenvalue weighted by molar-refractivity contribution is -0.131. The predicted molar refractivity (Wildman–Crippen MR) is 82.3 cm³/mol. The van der Waals surface area contributed by atoms with E-state index in [9.17, 15) is 4.79 Å². The van der Waals surface area contributed by atoms with Gasteiger partial charge in [-0.3, -0.25) is 4.79 Å². The largest absolute Gasteiger partial charge is 0.343 e. The summed E-state index contributed by atoms with van der Waals surface area (Å²) in [5.41, 5.74) is 7.28. The van der Waals surface area contributed by atoms with Crippen LogP contribution < -0.4 is 5.73 Å². The van der Waals surface area contributed by atoms with Crippen LogP contribution in [0.15, 0.2) is 30.3 Å². The maximum Gasteiger partial charge on any atom is 0.222 e. The highest BCUT2D eigenvalue weighted by Gasteiger charge is 2.16. The molecule has 1 aliphatic heterocycles. The number of carbonyl (C=O) groups excluding carboxylic acids is 1. The second kappa shape index (κ2) is 8.05. The van der Waals surface area contributed by atoms with Crippen LogP contribution in [-0.2, 0) is 4.79 Å². The number of rotatable bonds is 4. The molecule has 0 bridgehead atoms. The van der Waals surface area contributed by atoms with E-state index in [2.05, 4.69) is 0 Å². The van der Waals surface area contributed by atoms with Crippen molar-refractivity contribution in [1.82, 2.24) is 4.90 Å². The lowest BCUT2D eigenvalue weighted by Crippen LogP contribution is -2.34. The van der Waals surface area contributed by atoms with E-state index in [1.54, 1.807) is 0 Å². The monoisotopic (exact) mass is 274 g/mol. The maximum absolute atomic E-state index is 12.3. The summed E-state index contributed by atoms with van der Waals surface area (Å²) >= 11 is 0. The van der Waals surface area contributed by atoms with Gasteiger partial charge < -0.3 is 10.6 Å². The maximum atomic E-state index is 12.3. The Labute approximate surface area is 122 Å². The van der Waals surface area contributed by atoms with Gasteiger partial charge in [0.15, 0.2) is 0 Å². The summed E-state index contributed by atoms with van der Waals surface area (Å²) in [5, 5.41) is 0. The van der Waals surface area contributed by atoms with Crippen molar-refractivity contribution in [1.29, 1.82) is 0 Å². The third-order valence-electron chi connectivity index (χ3n) is 4.11. The first-order chi connectivity index (χ1) is 9.77. The van der Waals surface area contributed by atoms with Gasteiger partial charge in [0.1, 0.15) is 0 Å². The van der Waals surface area contributed by atoms with E-state index in [4.69, 9.17) is 5.73 Å². The van der Waals surface area contributed by atoms with Crippen LogP contribution in [0, 0.1) is 0 Å². The molecule has 3 heteroatoms. The molecular formula is C17H26N2O. The molecule has 1 aromatic carbocycles. The van der Waals surface area contributed by atoms with Crippen molar-refractivity contribution < 1.29 is 4.79 Å². The van der Waals surface area contributed by atoms with Crippen molar-refractivity contribution in [3.8, 4) is 0 Å². The van der Waals surface area contributed by atoms with Gasteiger partial charge >= 0.3 is 0 Å². The normalized spacial score (nSPS) is 18.1. The number of hydrogen-bond donors (Lipinski definition) is 1. The lowest BCUT2D eigenvalue weighted by atomic mass is 10.0. The first kappa shape index (κ1) is 15.0. The summed E-state index contributed by atoms with van der Waals surface area (Å²) in [6.45, 7) is 1.86. The molecule has 1 amide bonds. The van der Waals surface area contributed by atoms with E-state index >= 15 is 0 Å². The predicted octanol–water partition coefficient (Wildman–Crippen LogP) is 3.26. The van der Waals surface area contributed by atoms with E-state index in [1.807, 2.05) is 35.2 Å². The minimum atomic E-state index is -0.0325. The zero-order chi connectivity index (χ0) is 14.2. The van der Waals surface area contributed by atoms with E-state index in [0.29, 0.717) is 6.42 Å². The summed E-state index contributed by atoms with van der Waals surface area (Å²) in [5.74, 6) is 0.276. The number of carbonyl (C=O) groups is 1. The number of hydrogen-bond acceptors (Lipinski definition) is 2. The summed E-state index contributed by atoms with van der Waals surface area (Å²) in [6, 6.07) is 10.0. The van der Waals surface area contributed by atoms with Gasteiger partial charge in [0, 0.05) is 25.6 Å². The molecule has 0 aromatic heterocycles. The lowest BCUT2D eigenvalue weighted by Gasteiger charge is -2.25. The molecule has 110 valence electrons. The van der Waals surface area contributed by atoms with Gasteiger partial charge in [-0.2, -0.15) is 0 Å². The highest BCUT2D eigenvalue weighted by molar-refractivity contribution is 5.76. The zero-order valence-electron chi connectivity index (χ0n) is 12.3. The second-order valence-electron chi connectivity index (χ2n) is 5.70. The van der Waals surface area contributed by atoms with Crippen molar-refractivity contribution in [3.05, 3.63) is 35.9 Å². The van der Waals surface area contributed by atoms with Gasteiger partial charge in [-0.25, -0.2) is 0 Å². The SMILES string of the molecule is N[C@H](CCC(=O)N1CCCCCCC1)c1ccccc1.